The molecule has 3 rings (SSSR count). The maximum Gasteiger partial charge on any atom is 0.314 e. The van der Waals surface area contributed by atoms with Crippen molar-refractivity contribution >= 4 is 6.03 Å². The van der Waals surface area contributed by atoms with E-state index < -0.39 is 0 Å². The van der Waals surface area contributed by atoms with Gasteiger partial charge in [-0.2, -0.15) is 5.10 Å². The van der Waals surface area contributed by atoms with Crippen molar-refractivity contribution in [1.29, 1.82) is 0 Å². The summed E-state index contributed by atoms with van der Waals surface area (Å²) in [5.74, 6) is 0. The van der Waals surface area contributed by atoms with Crippen LogP contribution >= 0.6 is 0 Å². The molecule has 0 unspecified atom stereocenters. The predicted molar refractivity (Wildman–Crippen MR) is 101 cm³/mol. The molecule has 6 nitrogen and oxygen atoms in total. The van der Waals surface area contributed by atoms with Crippen LogP contribution in [0.1, 0.15) is 29.5 Å². The quantitative estimate of drug-likeness (QED) is 0.835. The molecule has 1 aromatic carbocycles. The van der Waals surface area contributed by atoms with Crippen molar-refractivity contribution in [3.8, 4) is 0 Å². The van der Waals surface area contributed by atoms with Gasteiger partial charge in [0, 0.05) is 45.0 Å². The fourth-order valence-electron chi connectivity index (χ4n) is 3.70. The van der Waals surface area contributed by atoms with Crippen LogP contribution in [0.25, 0.3) is 0 Å². The zero-order valence-corrected chi connectivity index (χ0v) is 15.6. The Kier molecular flexibility index (Phi) is 5.93. The number of amides is 2. The smallest absolute Gasteiger partial charge is 0.314 e. The third kappa shape index (κ3) is 4.43. The molecule has 26 heavy (non-hydrogen) atoms. The number of urea groups is 1. The van der Waals surface area contributed by atoms with Gasteiger partial charge in [-0.1, -0.05) is 24.3 Å². The van der Waals surface area contributed by atoms with E-state index in [9.17, 15) is 4.79 Å². The molecule has 140 valence electrons. The Morgan fingerprint density at radius 1 is 1.27 bits per heavy atom. The van der Waals surface area contributed by atoms with Crippen LogP contribution in [0.5, 0.6) is 0 Å². The van der Waals surface area contributed by atoms with Crippen LogP contribution < -0.4 is 10.6 Å². The van der Waals surface area contributed by atoms with Gasteiger partial charge in [0.15, 0.2) is 0 Å². The second-order valence-electron chi connectivity index (χ2n) is 7.09. The average Bonchev–Trinajstić information content (AvgIpc) is 3.06. The summed E-state index contributed by atoms with van der Waals surface area (Å²) in [4.78, 5) is 12.3. The molecule has 1 aliphatic heterocycles. The van der Waals surface area contributed by atoms with Gasteiger partial charge in [0.05, 0.1) is 6.20 Å². The van der Waals surface area contributed by atoms with Gasteiger partial charge in [-0.3, -0.25) is 4.68 Å². The van der Waals surface area contributed by atoms with Crippen molar-refractivity contribution in [2.75, 3.05) is 26.3 Å². The van der Waals surface area contributed by atoms with Crippen molar-refractivity contribution in [3.63, 3.8) is 0 Å². The fraction of sp³-hybridized carbons (Fsp3) is 0.500. The van der Waals surface area contributed by atoms with Gasteiger partial charge in [0.1, 0.15) is 0 Å². The standard InChI is InChI=1S/C20H28N4O2/c1-16-5-3-4-6-18(16)20(8-11-26-12-9-20)15-22-19(25)21-10-7-17-13-23-24(2)14-17/h3-6,13-14H,7-12,15H2,1-2H3,(H2,21,22,25). The summed E-state index contributed by atoms with van der Waals surface area (Å²) >= 11 is 0. The lowest BCUT2D eigenvalue weighted by Crippen LogP contribution is -2.48. The van der Waals surface area contributed by atoms with Gasteiger partial charge in [-0.05, 0) is 42.9 Å². The lowest BCUT2D eigenvalue weighted by atomic mass is 9.72. The van der Waals surface area contributed by atoms with Crippen LogP contribution in [-0.2, 0) is 23.6 Å². The zero-order chi connectivity index (χ0) is 18.4. The molecule has 0 saturated carbocycles. The summed E-state index contributed by atoms with van der Waals surface area (Å²) in [7, 11) is 1.89. The summed E-state index contributed by atoms with van der Waals surface area (Å²) < 4.78 is 7.34. The van der Waals surface area contributed by atoms with Crippen molar-refractivity contribution in [1.82, 2.24) is 20.4 Å². The van der Waals surface area contributed by atoms with E-state index in [4.69, 9.17) is 4.74 Å². The Morgan fingerprint density at radius 2 is 2.04 bits per heavy atom. The van der Waals surface area contributed by atoms with Gasteiger partial charge < -0.3 is 15.4 Å². The number of benzene rings is 1. The van der Waals surface area contributed by atoms with Crippen LogP contribution in [-0.4, -0.2) is 42.1 Å². The summed E-state index contributed by atoms with van der Waals surface area (Å²) in [6.07, 6.45) is 6.42. The molecule has 1 aliphatic rings. The van der Waals surface area contributed by atoms with Crippen molar-refractivity contribution in [3.05, 3.63) is 53.3 Å². The van der Waals surface area contributed by atoms with E-state index in [0.29, 0.717) is 13.1 Å². The average molecular weight is 356 g/mol. The predicted octanol–water partition coefficient (Wildman–Crippen LogP) is 2.32. The highest BCUT2D eigenvalue weighted by Gasteiger charge is 2.35. The van der Waals surface area contributed by atoms with Gasteiger partial charge in [-0.25, -0.2) is 4.79 Å². The van der Waals surface area contributed by atoms with E-state index in [1.807, 2.05) is 19.4 Å². The zero-order valence-electron chi connectivity index (χ0n) is 15.6. The number of rotatable bonds is 6. The summed E-state index contributed by atoms with van der Waals surface area (Å²) in [5.41, 5.74) is 3.66. The van der Waals surface area contributed by atoms with Gasteiger partial charge in [0.25, 0.3) is 0 Å². The molecule has 0 spiro atoms. The molecule has 2 aromatic rings. The maximum absolute atomic E-state index is 12.3. The molecule has 0 aliphatic carbocycles. The number of hydrogen-bond donors (Lipinski definition) is 2. The van der Waals surface area contributed by atoms with E-state index in [1.165, 1.54) is 11.1 Å². The normalized spacial score (nSPS) is 16.2. The Hall–Kier alpha value is -2.34. The first-order valence-corrected chi connectivity index (χ1v) is 9.22. The van der Waals surface area contributed by atoms with Crippen LogP contribution in [0.2, 0.25) is 0 Å². The largest absolute Gasteiger partial charge is 0.381 e. The Bertz CT molecular complexity index is 735. The van der Waals surface area contributed by atoms with Crippen LogP contribution in [0.15, 0.2) is 36.7 Å². The highest BCUT2D eigenvalue weighted by Crippen LogP contribution is 2.36. The molecule has 1 saturated heterocycles. The van der Waals surface area contributed by atoms with Crippen LogP contribution in [0.3, 0.4) is 0 Å². The highest BCUT2D eigenvalue weighted by molar-refractivity contribution is 5.74. The minimum absolute atomic E-state index is 0.0513. The number of hydrogen-bond acceptors (Lipinski definition) is 3. The second kappa shape index (κ2) is 8.36. The molecule has 2 N–H and O–H groups in total. The molecule has 0 bridgehead atoms. The molecule has 1 fully saturated rings. The van der Waals surface area contributed by atoms with Gasteiger partial charge in [0.2, 0.25) is 0 Å². The molecule has 2 amide bonds. The SMILES string of the molecule is Cc1ccccc1C1(CNC(=O)NCCc2cnn(C)c2)CCOCC1. The van der Waals surface area contributed by atoms with Gasteiger partial charge in [-0.15, -0.1) is 0 Å². The maximum atomic E-state index is 12.3. The number of ether oxygens (including phenoxy) is 1. The number of nitrogens with zero attached hydrogens (tertiary/aromatic N) is 2. The highest BCUT2D eigenvalue weighted by atomic mass is 16.5. The molecule has 1 aromatic heterocycles. The molecule has 2 heterocycles. The molecule has 6 heteroatoms. The molecule has 0 radical (unpaired) electrons. The third-order valence-electron chi connectivity index (χ3n) is 5.21. The second-order valence-corrected chi connectivity index (χ2v) is 7.09. The minimum Gasteiger partial charge on any atom is -0.381 e. The molecule has 0 atom stereocenters. The van der Waals surface area contributed by atoms with E-state index in [1.54, 1.807) is 4.68 Å². The van der Waals surface area contributed by atoms with Crippen molar-refractivity contribution in [2.45, 2.75) is 31.6 Å². The van der Waals surface area contributed by atoms with Crippen LogP contribution in [0.4, 0.5) is 4.79 Å². The summed E-state index contributed by atoms with van der Waals surface area (Å²) in [6.45, 7) is 4.83. The lowest BCUT2D eigenvalue weighted by molar-refractivity contribution is 0.0505. The van der Waals surface area contributed by atoms with E-state index >= 15 is 0 Å². The van der Waals surface area contributed by atoms with Crippen molar-refractivity contribution < 1.29 is 9.53 Å². The topological polar surface area (TPSA) is 68.2 Å². The van der Waals surface area contributed by atoms with E-state index in [-0.39, 0.29) is 11.4 Å². The Morgan fingerprint density at radius 3 is 2.73 bits per heavy atom. The lowest BCUT2D eigenvalue weighted by Gasteiger charge is -2.39. The minimum atomic E-state index is -0.117. The number of aryl methyl sites for hydroxylation is 2. The Labute approximate surface area is 154 Å². The summed E-state index contributed by atoms with van der Waals surface area (Å²) in [6, 6.07) is 8.34. The van der Waals surface area contributed by atoms with Gasteiger partial charge >= 0.3 is 6.03 Å². The monoisotopic (exact) mass is 356 g/mol. The fourth-order valence-corrected chi connectivity index (χ4v) is 3.70. The van der Waals surface area contributed by atoms with Crippen LogP contribution in [0, 0.1) is 6.92 Å². The first-order valence-electron chi connectivity index (χ1n) is 9.22. The number of aromatic nitrogens is 2. The Balaban J connectivity index is 1.56. The van der Waals surface area contributed by atoms with E-state index in [0.717, 1.165) is 38.0 Å². The third-order valence-corrected chi connectivity index (χ3v) is 5.21. The van der Waals surface area contributed by atoms with Crippen molar-refractivity contribution in [2.24, 2.45) is 7.05 Å². The number of carbonyl (C=O) groups is 1. The molecular weight excluding hydrogens is 328 g/mol. The first-order chi connectivity index (χ1) is 12.6. The number of carbonyl (C=O) groups excluding carboxylic acids is 1. The van der Waals surface area contributed by atoms with E-state index in [2.05, 4.69) is 46.9 Å². The first kappa shape index (κ1) is 18.5. The summed E-state index contributed by atoms with van der Waals surface area (Å²) in [5, 5.41) is 10.2. The number of nitrogens with one attached hydrogen (secondary N) is 2. The molecular formula is C20H28N4O2.